The molecule has 0 aliphatic carbocycles. The molecule has 7 nitrogen and oxygen atoms in total. The van der Waals surface area contributed by atoms with Crippen LogP contribution in [0.3, 0.4) is 0 Å². The highest BCUT2D eigenvalue weighted by atomic mass is 16.5. The van der Waals surface area contributed by atoms with Gasteiger partial charge in [0.25, 0.3) is 0 Å². The van der Waals surface area contributed by atoms with E-state index in [0.29, 0.717) is 0 Å². The van der Waals surface area contributed by atoms with Gasteiger partial charge < -0.3 is 9.64 Å². The van der Waals surface area contributed by atoms with Crippen molar-refractivity contribution in [1.82, 2.24) is 25.1 Å². The lowest BCUT2D eigenvalue weighted by molar-refractivity contribution is 0.242. The summed E-state index contributed by atoms with van der Waals surface area (Å²) in [6.07, 6.45) is 0. The van der Waals surface area contributed by atoms with Gasteiger partial charge in [-0.15, -0.1) is 5.10 Å². The van der Waals surface area contributed by atoms with Gasteiger partial charge in [-0.25, -0.2) is 4.68 Å². The third-order valence-corrected chi connectivity index (χ3v) is 6.51. The zero-order valence-electron chi connectivity index (χ0n) is 19.5. The van der Waals surface area contributed by atoms with Gasteiger partial charge in [-0.3, -0.25) is 4.90 Å². The molecule has 7 heteroatoms. The van der Waals surface area contributed by atoms with Crippen LogP contribution in [0.4, 0.5) is 5.69 Å². The first-order chi connectivity index (χ1) is 16.8. The molecule has 0 unspecified atom stereocenters. The van der Waals surface area contributed by atoms with Gasteiger partial charge in [0, 0.05) is 32.7 Å². The summed E-state index contributed by atoms with van der Waals surface area (Å²) < 4.78 is 7.52. The normalized spacial score (nSPS) is 14.5. The first kappa shape index (κ1) is 22.1. The number of hydrogen-bond acceptors (Lipinski definition) is 6. The van der Waals surface area contributed by atoms with Gasteiger partial charge in [0.15, 0.2) is 5.82 Å². The van der Waals surface area contributed by atoms with Crippen molar-refractivity contribution in [3.8, 4) is 5.75 Å². The SMILES string of the molecule is COc1ccccc1N1CCN(CCn2nnnc2C(c2ccccc2)c2ccccc2)CC1. The Hall–Kier alpha value is -3.71. The van der Waals surface area contributed by atoms with Crippen LogP contribution in [-0.4, -0.2) is 64.9 Å². The molecule has 0 amide bonds. The van der Waals surface area contributed by atoms with Crippen molar-refractivity contribution in [3.05, 3.63) is 102 Å². The second kappa shape index (κ2) is 10.5. The molecular weight excluding hydrogens is 424 g/mol. The first-order valence-electron chi connectivity index (χ1n) is 11.8. The van der Waals surface area contributed by atoms with Crippen LogP contribution in [0.5, 0.6) is 5.75 Å². The third-order valence-electron chi connectivity index (χ3n) is 6.51. The number of rotatable bonds is 8. The van der Waals surface area contributed by atoms with E-state index in [4.69, 9.17) is 4.74 Å². The van der Waals surface area contributed by atoms with Crippen molar-refractivity contribution in [2.75, 3.05) is 44.7 Å². The Balaban J connectivity index is 1.27. The quantitative estimate of drug-likeness (QED) is 0.405. The average molecular weight is 455 g/mol. The number of para-hydroxylation sites is 2. The minimum Gasteiger partial charge on any atom is -0.495 e. The maximum absolute atomic E-state index is 5.55. The summed E-state index contributed by atoms with van der Waals surface area (Å²) in [5.41, 5.74) is 3.55. The second-order valence-electron chi connectivity index (χ2n) is 8.52. The number of anilines is 1. The lowest BCUT2D eigenvalue weighted by Gasteiger charge is -2.36. The Labute approximate surface area is 200 Å². The van der Waals surface area contributed by atoms with Crippen LogP contribution in [0.1, 0.15) is 22.9 Å². The summed E-state index contributed by atoms with van der Waals surface area (Å²) in [5, 5.41) is 12.9. The molecule has 2 heterocycles. The van der Waals surface area contributed by atoms with E-state index in [1.165, 1.54) is 16.8 Å². The predicted octanol–water partition coefficient (Wildman–Crippen LogP) is 3.68. The molecule has 1 aliphatic heterocycles. The Morgan fingerprint density at radius 1 is 0.765 bits per heavy atom. The number of hydrogen-bond donors (Lipinski definition) is 0. The van der Waals surface area contributed by atoms with Gasteiger partial charge in [0.1, 0.15) is 5.75 Å². The fraction of sp³-hybridized carbons (Fsp3) is 0.296. The monoisotopic (exact) mass is 454 g/mol. The van der Waals surface area contributed by atoms with Crippen LogP contribution < -0.4 is 9.64 Å². The molecule has 34 heavy (non-hydrogen) atoms. The van der Waals surface area contributed by atoms with Crippen molar-refractivity contribution in [1.29, 1.82) is 0 Å². The topological polar surface area (TPSA) is 59.3 Å². The van der Waals surface area contributed by atoms with Crippen molar-refractivity contribution in [2.45, 2.75) is 12.5 Å². The van der Waals surface area contributed by atoms with Crippen LogP contribution in [0.25, 0.3) is 0 Å². The lowest BCUT2D eigenvalue weighted by atomic mass is 9.90. The Morgan fingerprint density at radius 3 is 2.03 bits per heavy atom. The maximum atomic E-state index is 5.55. The summed E-state index contributed by atoms with van der Waals surface area (Å²) in [7, 11) is 1.73. The van der Waals surface area contributed by atoms with E-state index in [1.54, 1.807) is 7.11 Å². The summed E-state index contributed by atoms with van der Waals surface area (Å²) >= 11 is 0. The van der Waals surface area contributed by atoms with Crippen molar-refractivity contribution in [2.24, 2.45) is 0 Å². The highest BCUT2D eigenvalue weighted by Crippen LogP contribution is 2.30. The van der Waals surface area contributed by atoms with E-state index in [-0.39, 0.29) is 5.92 Å². The van der Waals surface area contributed by atoms with Gasteiger partial charge in [-0.1, -0.05) is 72.8 Å². The van der Waals surface area contributed by atoms with E-state index in [9.17, 15) is 0 Å². The Bertz CT molecular complexity index is 1130. The molecule has 174 valence electrons. The molecule has 4 aromatic rings. The van der Waals surface area contributed by atoms with E-state index >= 15 is 0 Å². The van der Waals surface area contributed by atoms with E-state index in [0.717, 1.165) is 50.8 Å². The van der Waals surface area contributed by atoms with Gasteiger partial charge in [-0.05, 0) is 33.7 Å². The molecule has 0 bridgehead atoms. The van der Waals surface area contributed by atoms with Gasteiger partial charge >= 0.3 is 0 Å². The molecule has 3 aromatic carbocycles. The molecule has 1 aromatic heterocycles. The molecule has 1 fully saturated rings. The molecular formula is C27H30N6O. The number of methoxy groups -OCH3 is 1. The van der Waals surface area contributed by atoms with E-state index < -0.39 is 0 Å². The molecule has 0 atom stereocenters. The summed E-state index contributed by atoms with van der Waals surface area (Å²) in [6.45, 7) is 5.60. The number of benzene rings is 3. The Morgan fingerprint density at radius 2 is 1.38 bits per heavy atom. The first-order valence-corrected chi connectivity index (χ1v) is 11.8. The molecule has 1 aliphatic rings. The van der Waals surface area contributed by atoms with Gasteiger partial charge in [-0.2, -0.15) is 0 Å². The van der Waals surface area contributed by atoms with Crippen molar-refractivity contribution < 1.29 is 4.74 Å². The highest BCUT2D eigenvalue weighted by Gasteiger charge is 2.24. The number of ether oxygens (including phenoxy) is 1. The lowest BCUT2D eigenvalue weighted by Crippen LogP contribution is -2.47. The Kier molecular flexibility index (Phi) is 6.81. The second-order valence-corrected chi connectivity index (χ2v) is 8.52. The van der Waals surface area contributed by atoms with Gasteiger partial charge in [0.05, 0.1) is 25.3 Å². The molecule has 5 rings (SSSR count). The summed E-state index contributed by atoms with van der Waals surface area (Å²) in [4.78, 5) is 4.88. The zero-order chi connectivity index (χ0) is 23.2. The number of tetrazole rings is 1. The largest absolute Gasteiger partial charge is 0.495 e. The standard InChI is InChI=1S/C27H30N6O/c1-34-25-15-9-8-14-24(25)32-19-16-31(17-20-32)18-21-33-27(28-29-30-33)26(22-10-4-2-5-11-22)23-12-6-3-7-13-23/h2-15,26H,16-21H2,1H3. The van der Waals surface area contributed by atoms with Crippen LogP contribution >= 0.6 is 0 Å². The van der Waals surface area contributed by atoms with Gasteiger partial charge in [0.2, 0.25) is 0 Å². The van der Waals surface area contributed by atoms with Crippen LogP contribution in [0.2, 0.25) is 0 Å². The summed E-state index contributed by atoms with van der Waals surface area (Å²) in [5.74, 6) is 1.81. The molecule has 0 radical (unpaired) electrons. The minimum absolute atomic E-state index is 0.000192. The molecule has 0 saturated carbocycles. The molecule has 0 N–H and O–H groups in total. The average Bonchev–Trinajstić information content (AvgIpc) is 3.37. The minimum atomic E-state index is -0.000192. The fourth-order valence-electron chi connectivity index (χ4n) is 4.70. The highest BCUT2D eigenvalue weighted by molar-refractivity contribution is 5.58. The number of nitrogens with zero attached hydrogens (tertiary/aromatic N) is 6. The van der Waals surface area contributed by atoms with Crippen molar-refractivity contribution >= 4 is 5.69 Å². The van der Waals surface area contributed by atoms with E-state index in [2.05, 4.69) is 86.0 Å². The smallest absolute Gasteiger partial charge is 0.163 e. The molecule has 0 spiro atoms. The fourth-order valence-corrected chi connectivity index (χ4v) is 4.70. The third kappa shape index (κ3) is 4.79. The maximum Gasteiger partial charge on any atom is 0.163 e. The van der Waals surface area contributed by atoms with E-state index in [1.807, 2.05) is 28.9 Å². The zero-order valence-corrected chi connectivity index (χ0v) is 19.5. The van der Waals surface area contributed by atoms with Crippen LogP contribution in [0.15, 0.2) is 84.9 Å². The van der Waals surface area contributed by atoms with Crippen LogP contribution in [-0.2, 0) is 6.54 Å². The predicted molar refractivity (Wildman–Crippen MR) is 133 cm³/mol. The summed E-state index contributed by atoms with van der Waals surface area (Å²) in [6, 6.07) is 29.2. The van der Waals surface area contributed by atoms with Crippen molar-refractivity contribution in [3.63, 3.8) is 0 Å². The van der Waals surface area contributed by atoms with Crippen LogP contribution in [0, 0.1) is 0 Å². The number of aromatic nitrogens is 4. The number of piperazine rings is 1. The molecule has 1 saturated heterocycles.